The average molecular weight is 850 g/mol. The molecule has 7 nitrogen and oxygen atoms in total. The van der Waals surface area contributed by atoms with Crippen LogP contribution in [0, 0.1) is 0 Å². The van der Waals surface area contributed by atoms with Crippen LogP contribution >= 0.6 is 0 Å². The Labute approximate surface area is 379 Å². The van der Waals surface area contributed by atoms with Crippen molar-refractivity contribution in [3.8, 4) is 45.3 Å². The fourth-order valence-electron chi connectivity index (χ4n) is 9.99. The third kappa shape index (κ3) is 5.94. The summed E-state index contributed by atoms with van der Waals surface area (Å²) in [6.45, 7) is 2.28. The van der Waals surface area contributed by atoms with Gasteiger partial charge in [-0.2, -0.15) is 0 Å². The van der Waals surface area contributed by atoms with Crippen LogP contribution in [0.3, 0.4) is 0 Å². The largest absolute Gasteiger partial charge is 0.436 e. The minimum atomic E-state index is 0.0135. The van der Waals surface area contributed by atoms with Crippen LogP contribution in [0.1, 0.15) is 24.0 Å². The molecule has 3 aromatic heterocycles. The molecule has 9 aromatic carbocycles. The third-order valence-electron chi connectivity index (χ3n) is 13.2. The van der Waals surface area contributed by atoms with Crippen LogP contribution in [0.15, 0.2) is 222 Å². The number of hydrogen-bond donors (Lipinski definition) is 0. The van der Waals surface area contributed by atoms with E-state index in [1.165, 1.54) is 11.1 Å². The topological polar surface area (TPSA) is 69.1 Å². The summed E-state index contributed by atoms with van der Waals surface area (Å²) in [7, 11) is 0. The number of imidazole rings is 1. The van der Waals surface area contributed by atoms with Crippen LogP contribution in [0.25, 0.3) is 89.3 Å². The summed E-state index contributed by atoms with van der Waals surface area (Å²) in [4.78, 5) is 26.7. The van der Waals surface area contributed by atoms with Gasteiger partial charge in [0.1, 0.15) is 11.3 Å². The molecular weight excluding hydrogens is 811 g/mol. The summed E-state index contributed by atoms with van der Waals surface area (Å²) in [5, 5.41) is 1.34. The molecule has 66 heavy (non-hydrogen) atoms. The van der Waals surface area contributed by atoms with E-state index in [4.69, 9.17) is 14.4 Å². The molecule has 13 rings (SSSR count). The zero-order valence-corrected chi connectivity index (χ0v) is 35.8. The predicted molar refractivity (Wildman–Crippen MR) is 268 cm³/mol. The molecule has 0 amide bonds. The molecule has 0 bridgehead atoms. The first-order valence-corrected chi connectivity index (χ1v) is 22.3. The van der Waals surface area contributed by atoms with Gasteiger partial charge in [-0.05, 0) is 150 Å². The van der Waals surface area contributed by atoms with E-state index in [1.807, 2.05) is 60.7 Å². The Morgan fingerprint density at radius 3 is 1.88 bits per heavy atom. The molecule has 1 aliphatic rings. The zero-order chi connectivity index (χ0) is 43.9. The van der Waals surface area contributed by atoms with Crippen LogP contribution in [0.5, 0.6) is 0 Å². The number of hydrogen-bond acceptors (Lipinski definition) is 5. The minimum Gasteiger partial charge on any atom is -0.436 e. The number of para-hydroxylation sites is 7. The first kappa shape index (κ1) is 37.7. The van der Waals surface area contributed by atoms with Crippen molar-refractivity contribution in [1.29, 1.82) is 0 Å². The molecule has 0 saturated carbocycles. The molecule has 12 aromatic rings. The Morgan fingerprint density at radius 1 is 0.439 bits per heavy atom. The van der Waals surface area contributed by atoms with Gasteiger partial charge in [0, 0.05) is 56.3 Å². The summed E-state index contributed by atoms with van der Waals surface area (Å²) < 4.78 is 10.5. The van der Waals surface area contributed by atoms with Gasteiger partial charge in [0.05, 0.1) is 22.1 Å². The Bertz CT molecular complexity index is 3890. The Balaban J connectivity index is 0.895. The molecule has 0 aliphatic carbocycles. The van der Waals surface area contributed by atoms with Gasteiger partial charge in [0.2, 0.25) is 5.89 Å². The fraction of sp³-hybridized carbons (Fsp3) is 0.0339. The number of aromatic nitrogens is 4. The summed E-state index contributed by atoms with van der Waals surface area (Å²) in [6, 6.07) is 73.0. The van der Waals surface area contributed by atoms with Crippen molar-refractivity contribution in [2.75, 3.05) is 4.90 Å². The first-order valence-electron chi connectivity index (χ1n) is 22.3. The molecule has 1 atom stereocenters. The number of benzene rings is 9. The second-order valence-electron chi connectivity index (χ2n) is 17.0. The number of pyridine rings is 1. The van der Waals surface area contributed by atoms with Gasteiger partial charge in [-0.3, -0.25) is 9.36 Å². The molecule has 7 heteroatoms. The van der Waals surface area contributed by atoms with Gasteiger partial charge in [0.15, 0.2) is 11.0 Å². The number of oxazole rings is 1. The highest BCUT2D eigenvalue weighted by Crippen LogP contribution is 2.50. The average Bonchev–Trinajstić information content (AvgIpc) is 4.00. The van der Waals surface area contributed by atoms with Gasteiger partial charge in [-0.15, -0.1) is 0 Å². The lowest BCUT2D eigenvalue weighted by Crippen LogP contribution is -2.20. The molecule has 1 aliphatic heterocycles. The lowest BCUT2D eigenvalue weighted by molar-refractivity contribution is 0.620. The van der Waals surface area contributed by atoms with Crippen LogP contribution in [-0.4, -0.2) is 19.1 Å². The van der Waals surface area contributed by atoms with Crippen molar-refractivity contribution in [1.82, 2.24) is 19.1 Å². The monoisotopic (exact) mass is 849 g/mol. The highest BCUT2D eigenvalue weighted by atomic mass is 16.3. The third-order valence-corrected chi connectivity index (χ3v) is 13.2. The smallest absolute Gasteiger partial charge is 0.227 e. The Hall–Kier alpha value is -8.81. The number of nitrogens with zero attached hydrogens (tertiary/aromatic N) is 5. The van der Waals surface area contributed by atoms with Crippen molar-refractivity contribution in [3.05, 3.63) is 234 Å². The lowest BCUT2D eigenvalue weighted by Gasteiger charge is -2.37. The van der Waals surface area contributed by atoms with E-state index < -0.39 is 0 Å². The standard InChI is InChI=1S/C59H39N5O2/c1-37-45-15-5-9-19-51(45)62(44-31-25-39(26-32-44)59-61-50-18-8-12-22-56(50)66-59)53-33-27-40(35-47(37)53)41-28-34-54-48(36-41)57(65)46-16-6-10-20-52(46)63(54)43-29-23-38(24-30-43)58-60-49-17-7-11-21-55(49)64(58)42-13-3-2-4-14-42/h2-37H,1H3. The van der Waals surface area contributed by atoms with Gasteiger partial charge in [0.25, 0.3) is 0 Å². The molecule has 0 N–H and O–H groups in total. The van der Waals surface area contributed by atoms with Crippen molar-refractivity contribution in [2.24, 2.45) is 0 Å². The van der Waals surface area contributed by atoms with E-state index in [0.29, 0.717) is 16.7 Å². The SMILES string of the molecule is CC1c2ccccc2N(c2ccc(-c3nc4ccccc4o3)cc2)c2ccc(-c3ccc4c(c3)c(=O)c3ccccc3n4-c3ccc(-c4nc5ccccc5n4-c4ccccc4)cc3)cc21. The Kier molecular flexibility index (Phi) is 8.51. The van der Waals surface area contributed by atoms with Gasteiger partial charge in [-0.25, -0.2) is 9.97 Å². The molecule has 0 fully saturated rings. The highest BCUT2D eigenvalue weighted by Gasteiger charge is 2.29. The van der Waals surface area contributed by atoms with Gasteiger partial charge < -0.3 is 13.9 Å². The maximum absolute atomic E-state index is 14.5. The van der Waals surface area contributed by atoms with E-state index in [9.17, 15) is 4.79 Å². The maximum atomic E-state index is 14.5. The van der Waals surface area contributed by atoms with Crippen molar-refractivity contribution >= 4 is 61.0 Å². The van der Waals surface area contributed by atoms with Crippen molar-refractivity contribution in [2.45, 2.75) is 12.8 Å². The second-order valence-corrected chi connectivity index (χ2v) is 17.0. The van der Waals surface area contributed by atoms with E-state index >= 15 is 0 Å². The number of rotatable bonds is 6. The summed E-state index contributed by atoms with van der Waals surface area (Å²) in [6.07, 6.45) is 0. The minimum absolute atomic E-state index is 0.0135. The van der Waals surface area contributed by atoms with Crippen molar-refractivity contribution in [3.63, 3.8) is 0 Å². The summed E-state index contributed by atoms with van der Waals surface area (Å²) >= 11 is 0. The van der Waals surface area contributed by atoms with E-state index in [-0.39, 0.29) is 11.3 Å². The van der Waals surface area contributed by atoms with Crippen LogP contribution in [0.4, 0.5) is 17.1 Å². The fourth-order valence-corrected chi connectivity index (χ4v) is 9.99. The Morgan fingerprint density at radius 2 is 1.05 bits per heavy atom. The van der Waals surface area contributed by atoms with E-state index in [1.54, 1.807) is 0 Å². The summed E-state index contributed by atoms with van der Waals surface area (Å²) in [5.74, 6) is 1.61. The molecule has 4 heterocycles. The molecule has 0 spiro atoms. The van der Waals surface area contributed by atoms with E-state index in [0.717, 1.165) is 89.7 Å². The van der Waals surface area contributed by atoms with Crippen LogP contribution < -0.4 is 10.3 Å². The summed E-state index contributed by atoms with van der Waals surface area (Å²) in [5.41, 5.74) is 17.1. The molecule has 1 unspecified atom stereocenters. The van der Waals surface area contributed by atoms with Gasteiger partial charge in [-0.1, -0.05) is 91.9 Å². The van der Waals surface area contributed by atoms with Crippen LogP contribution in [-0.2, 0) is 0 Å². The second kappa shape index (κ2) is 14.9. The lowest BCUT2D eigenvalue weighted by atomic mass is 9.84. The highest BCUT2D eigenvalue weighted by molar-refractivity contribution is 5.98. The van der Waals surface area contributed by atoms with E-state index in [2.05, 4.69) is 173 Å². The van der Waals surface area contributed by atoms with Crippen LogP contribution in [0.2, 0.25) is 0 Å². The van der Waals surface area contributed by atoms with Gasteiger partial charge >= 0.3 is 0 Å². The first-order chi connectivity index (χ1) is 32.6. The molecule has 0 radical (unpaired) electrons. The normalized spacial score (nSPS) is 13.4. The maximum Gasteiger partial charge on any atom is 0.227 e. The number of anilines is 3. The molecule has 312 valence electrons. The molecule has 0 saturated heterocycles. The quantitative estimate of drug-likeness (QED) is 0.156. The van der Waals surface area contributed by atoms with Crippen molar-refractivity contribution < 1.29 is 4.42 Å². The number of fused-ring (bicyclic) bond motifs is 6. The predicted octanol–water partition coefficient (Wildman–Crippen LogP) is 14.6. The zero-order valence-electron chi connectivity index (χ0n) is 35.8. The molecular formula is C59H39N5O2.